The molecule has 2 aliphatic heterocycles. The predicted octanol–water partition coefficient (Wildman–Crippen LogP) is -0.451. The zero-order chi connectivity index (χ0) is 16.2. The molecule has 0 aliphatic carbocycles. The Labute approximate surface area is 137 Å². The second kappa shape index (κ2) is 7.40. The average Bonchev–Trinajstić information content (AvgIpc) is 2.99. The Morgan fingerprint density at radius 3 is 2.91 bits per heavy atom. The van der Waals surface area contributed by atoms with Crippen LogP contribution in [0.1, 0.15) is 18.9 Å². The minimum absolute atomic E-state index is 0.0479. The van der Waals surface area contributed by atoms with Gasteiger partial charge in [0.15, 0.2) is 0 Å². The molecule has 5 atom stereocenters. The molecule has 2 fully saturated rings. The number of carbonyl (C=O) groups is 1. The summed E-state index contributed by atoms with van der Waals surface area (Å²) in [6.45, 7) is 3.67. The Bertz CT molecular complexity index is 525. The molecule has 1 aromatic carbocycles. The number of aliphatic hydroxyl groups is 1. The van der Waals surface area contributed by atoms with E-state index in [-0.39, 0.29) is 23.9 Å². The van der Waals surface area contributed by atoms with E-state index in [0.29, 0.717) is 12.5 Å². The van der Waals surface area contributed by atoms with Crippen LogP contribution >= 0.6 is 0 Å². The molecular formula is C17H26N4O2. The lowest BCUT2D eigenvalue weighted by Gasteiger charge is -2.28. The molecule has 126 valence electrons. The number of hydrogen-bond donors (Lipinski definition) is 5. The van der Waals surface area contributed by atoms with Crippen molar-refractivity contribution in [2.24, 2.45) is 5.92 Å². The molecule has 0 spiro atoms. The third kappa shape index (κ3) is 3.90. The smallest absolute Gasteiger partial charge is 0.239 e. The highest BCUT2D eigenvalue weighted by molar-refractivity contribution is 5.82. The second-order valence-corrected chi connectivity index (χ2v) is 6.58. The van der Waals surface area contributed by atoms with Crippen molar-refractivity contribution >= 4 is 5.91 Å². The molecular weight excluding hydrogens is 292 g/mol. The topological polar surface area (TPSA) is 85.4 Å². The first kappa shape index (κ1) is 16.4. The zero-order valence-corrected chi connectivity index (χ0v) is 13.5. The number of rotatable bonds is 5. The lowest BCUT2D eigenvalue weighted by atomic mass is 9.89. The van der Waals surface area contributed by atoms with Gasteiger partial charge in [0.2, 0.25) is 5.91 Å². The highest BCUT2D eigenvalue weighted by Gasteiger charge is 2.41. The van der Waals surface area contributed by atoms with E-state index in [1.165, 1.54) is 0 Å². The van der Waals surface area contributed by atoms with Gasteiger partial charge in [0.25, 0.3) is 0 Å². The number of aliphatic hydroxyl groups excluding tert-OH is 1. The van der Waals surface area contributed by atoms with Crippen LogP contribution < -0.4 is 21.5 Å². The van der Waals surface area contributed by atoms with E-state index >= 15 is 0 Å². The molecule has 2 aliphatic rings. The van der Waals surface area contributed by atoms with Crippen LogP contribution in [0.15, 0.2) is 30.3 Å². The Balaban J connectivity index is 1.52. The van der Waals surface area contributed by atoms with Crippen molar-refractivity contribution < 1.29 is 9.90 Å². The molecule has 2 heterocycles. The van der Waals surface area contributed by atoms with Gasteiger partial charge in [-0.2, -0.15) is 0 Å². The summed E-state index contributed by atoms with van der Waals surface area (Å²) < 4.78 is 0. The average molecular weight is 318 g/mol. The third-order valence-electron chi connectivity index (χ3n) is 4.90. The van der Waals surface area contributed by atoms with E-state index < -0.39 is 6.10 Å². The van der Waals surface area contributed by atoms with Crippen molar-refractivity contribution in [3.05, 3.63) is 35.9 Å². The van der Waals surface area contributed by atoms with Crippen LogP contribution in [0, 0.1) is 5.92 Å². The molecule has 0 bridgehead atoms. The van der Waals surface area contributed by atoms with Crippen LogP contribution in [0.4, 0.5) is 0 Å². The summed E-state index contributed by atoms with van der Waals surface area (Å²) in [5.41, 5.74) is 7.40. The number of benzene rings is 1. The van der Waals surface area contributed by atoms with E-state index in [2.05, 4.69) is 21.5 Å². The van der Waals surface area contributed by atoms with Crippen LogP contribution in [0.2, 0.25) is 0 Å². The fourth-order valence-corrected chi connectivity index (χ4v) is 3.42. The molecule has 2 saturated heterocycles. The first-order chi connectivity index (χ1) is 11.1. The minimum Gasteiger partial charge on any atom is -0.391 e. The molecule has 1 aromatic rings. The molecule has 3 rings (SSSR count). The standard InChI is InChI=1S/C17H26N4O2/c1-11(15(22)9-12-5-3-2-4-6-12)19-17(23)16-13-10-18-8-7-14(13)20-21-16/h2-6,11,13-16,18,20-22H,7-10H2,1H3,(H,19,23). The summed E-state index contributed by atoms with van der Waals surface area (Å²) in [5, 5.41) is 16.6. The Morgan fingerprint density at radius 2 is 2.13 bits per heavy atom. The quantitative estimate of drug-likeness (QED) is 0.508. The van der Waals surface area contributed by atoms with E-state index in [0.717, 1.165) is 25.1 Å². The van der Waals surface area contributed by atoms with E-state index in [1.54, 1.807) is 0 Å². The van der Waals surface area contributed by atoms with Gasteiger partial charge in [0, 0.05) is 24.9 Å². The summed E-state index contributed by atoms with van der Waals surface area (Å²) >= 11 is 0. The van der Waals surface area contributed by atoms with Gasteiger partial charge in [-0.05, 0) is 25.5 Å². The van der Waals surface area contributed by atoms with Gasteiger partial charge in [-0.25, -0.2) is 5.43 Å². The van der Waals surface area contributed by atoms with Crippen LogP contribution in [-0.4, -0.2) is 48.3 Å². The van der Waals surface area contributed by atoms with E-state index in [1.807, 2.05) is 37.3 Å². The van der Waals surface area contributed by atoms with Gasteiger partial charge in [-0.3, -0.25) is 10.2 Å². The normalized spacial score (nSPS) is 29.6. The van der Waals surface area contributed by atoms with Gasteiger partial charge in [0.1, 0.15) is 6.04 Å². The molecule has 6 heteroatoms. The molecule has 1 amide bonds. The lowest BCUT2D eigenvalue weighted by Crippen LogP contribution is -2.53. The van der Waals surface area contributed by atoms with Crippen LogP contribution in [0.25, 0.3) is 0 Å². The maximum absolute atomic E-state index is 12.5. The number of carbonyl (C=O) groups excluding carboxylic acids is 1. The zero-order valence-electron chi connectivity index (χ0n) is 13.5. The Kier molecular flexibility index (Phi) is 5.27. The Hall–Kier alpha value is -1.47. The van der Waals surface area contributed by atoms with Gasteiger partial charge in [0.05, 0.1) is 12.1 Å². The largest absolute Gasteiger partial charge is 0.391 e. The van der Waals surface area contributed by atoms with Crippen molar-refractivity contribution in [3.63, 3.8) is 0 Å². The summed E-state index contributed by atoms with van der Waals surface area (Å²) in [6.07, 6.45) is 0.954. The van der Waals surface area contributed by atoms with E-state index in [9.17, 15) is 9.90 Å². The predicted molar refractivity (Wildman–Crippen MR) is 88.6 cm³/mol. The van der Waals surface area contributed by atoms with Crippen molar-refractivity contribution in [3.8, 4) is 0 Å². The minimum atomic E-state index is -0.601. The highest BCUT2D eigenvalue weighted by atomic mass is 16.3. The first-order valence-electron chi connectivity index (χ1n) is 8.39. The summed E-state index contributed by atoms with van der Waals surface area (Å²) in [5.74, 6) is 0.204. The number of fused-ring (bicyclic) bond motifs is 1. The van der Waals surface area contributed by atoms with Gasteiger partial charge in [-0.1, -0.05) is 30.3 Å². The molecule has 5 N–H and O–H groups in total. The maximum atomic E-state index is 12.5. The number of hydrogen-bond acceptors (Lipinski definition) is 5. The van der Waals surface area contributed by atoms with Gasteiger partial charge < -0.3 is 15.7 Å². The first-order valence-corrected chi connectivity index (χ1v) is 8.39. The highest BCUT2D eigenvalue weighted by Crippen LogP contribution is 2.20. The van der Waals surface area contributed by atoms with Gasteiger partial charge in [-0.15, -0.1) is 0 Å². The SMILES string of the molecule is CC(NC(=O)C1NNC2CCNCC21)C(O)Cc1ccccc1. The molecule has 6 nitrogen and oxygen atoms in total. The second-order valence-electron chi connectivity index (χ2n) is 6.58. The molecule has 0 aromatic heterocycles. The lowest BCUT2D eigenvalue weighted by molar-refractivity contribution is -0.125. The molecule has 23 heavy (non-hydrogen) atoms. The van der Waals surface area contributed by atoms with Crippen LogP contribution in [0.3, 0.4) is 0 Å². The third-order valence-corrected chi connectivity index (χ3v) is 4.90. The number of piperidine rings is 1. The van der Waals surface area contributed by atoms with Crippen LogP contribution in [0.5, 0.6) is 0 Å². The van der Waals surface area contributed by atoms with Crippen molar-refractivity contribution in [1.82, 2.24) is 21.5 Å². The van der Waals surface area contributed by atoms with E-state index in [4.69, 9.17) is 0 Å². The summed E-state index contributed by atoms with van der Waals surface area (Å²) in [4.78, 5) is 12.5. The fourth-order valence-electron chi connectivity index (χ4n) is 3.42. The number of amides is 1. The maximum Gasteiger partial charge on any atom is 0.239 e. The van der Waals surface area contributed by atoms with Crippen molar-refractivity contribution in [2.75, 3.05) is 13.1 Å². The molecule has 5 unspecified atom stereocenters. The Morgan fingerprint density at radius 1 is 1.35 bits per heavy atom. The number of nitrogens with one attached hydrogen (secondary N) is 4. The monoisotopic (exact) mass is 318 g/mol. The summed E-state index contributed by atoms with van der Waals surface area (Å²) in [6, 6.07) is 9.63. The van der Waals surface area contributed by atoms with Crippen molar-refractivity contribution in [2.45, 2.75) is 44.0 Å². The van der Waals surface area contributed by atoms with Crippen LogP contribution in [-0.2, 0) is 11.2 Å². The van der Waals surface area contributed by atoms with Gasteiger partial charge >= 0.3 is 0 Å². The summed E-state index contributed by atoms with van der Waals surface area (Å²) in [7, 11) is 0. The molecule has 0 saturated carbocycles. The molecule has 0 radical (unpaired) electrons. The number of hydrazine groups is 1. The fraction of sp³-hybridized carbons (Fsp3) is 0.588. The van der Waals surface area contributed by atoms with Crippen molar-refractivity contribution in [1.29, 1.82) is 0 Å².